The number of nitrogens with one attached hydrogen (secondary N) is 1. The van der Waals surface area contributed by atoms with Crippen molar-refractivity contribution in [3.05, 3.63) is 64.4 Å². The van der Waals surface area contributed by atoms with Gasteiger partial charge in [0.1, 0.15) is 17.2 Å². The van der Waals surface area contributed by atoms with E-state index in [-0.39, 0.29) is 5.13 Å². The molecule has 122 valence electrons. The Morgan fingerprint density at radius 1 is 1.25 bits per heavy atom. The summed E-state index contributed by atoms with van der Waals surface area (Å²) in [5.41, 5.74) is 0.585. The predicted molar refractivity (Wildman–Crippen MR) is 89.4 cm³/mol. The smallest absolute Gasteiger partial charge is 0.263 e. The van der Waals surface area contributed by atoms with Crippen LogP contribution in [-0.2, 0) is 0 Å². The molecule has 0 spiro atoms. The van der Waals surface area contributed by atoms with E-state index in [9.17, 15) is 13.6 Å². The number of benzene rings is 1. The van der Waals surface area contributed by atoms with Crippen LogP contribution in [0.3, 0.4) is 0 Å². The van der Waals surface area contributed by atoms with Crippen molar-refractivity contribution in [2.24, 2.45) is 0 Å². The van der Waals surface area contributed by atoms with Crippen LogP contribution in [0.5, 0.6) is 0 Å². The number of nitrogens with zero attached hydrogens (tertiary/aromatic N) is 2. The maximum atomic E-state index is 13.7. The summed E-state index contributed by atoms with van der Waals surface area (Å²) in [4.78, 5) is 21.2. The van der Waals surface area contributed by atoms with E-state index < -0.39 is 23.1 Å². The van der Waals surface area contributed by atoms with Crippen molar-refractivity contribution in [1.82, 2.24) is 9.97 Å². The largest absolute Gasteiger partial charge is 0.298 e. The first-order chi connectivity index (χ1) is 11.5. The molecule has 3 rings (SSSR count). The Balaban J connectivity index is 1.90. The van der Waals surface area contributed by atoms with Crippen molar-refractivity contribution in [2.45, 2.75) is 6.92 Å². The lowest BCUT2D eigenvalue weighted by Gasteiger charge is -2.04. The number of carbonyl (C=O) groups is 1. The highest BCUT2D eigenvalue weighted by molar-refractivity contribution is 7.19. The number of carbonyl (C=O) groups excluding carboxylic acids is 1. The van der Waals surface area contributed by atoms with Gasteiger partial charge in [0.2, 0.25) is 0 Å². The van der Waals surface area contributed by atoms with Gasteiger partial charge in [-0.05, 0) is 31.2 Å². The molecule has 0 aliphatic carbocycles. The van der Waals surface area contributed by atoms with Gasteiger partial charge < -0.3 is 0 Å². The maximum Gasteiger partial charge on any atom is 0.263 e. The highest BCUT2D eigenvalue weighted by Crippen LogP contribution is 2.32. The van der Waals surface area contributed by atoms with Gasteiger partial charge in [0.25, 0.3) is 5.91 Å². The van der Waals surface area contributed by atoms with E-state index in [1.165, 1.54) is 6.07 Å². The third-order valence-electron chi connectivity index (χ3n) is 3.16. The maximum absolute atomic E-state index is 13.7. The topological polar surface area (TPSA) is 54.9 Å². The lowest BCUT2D eigenvalue weighted by Crippen LogP contribution is -2.15. The summed E-state index contributed by atoms with van der Waals surface area (Å²) < 4.78 is 27.3. The number of hydrogen-bond acceptors (Lipinski definition) is 4. The summed E-state index contributed by atoms with van der Waals surface area (Å²) in [7, 11) is 0. The molecule has 1 amide bonds. The summed E-state index contributed by atoms with van der Waals surface area (Å²) >= 11 is 7.09. The minimum Gasteiger partial charge on any atom is -0.298 e. The van der Waals surface area contributed by atoms with Gasteiger partial charge in [-0.1, -0.05) is 29.0 Å². The van der Waals surface area contributed by atoms with E-state index in [0.29, 0.717) is 21.3 Å². The number of pyridine rings is 1. The summed E-state index contributed by atoms with van der Waals surface area (Å²) in [6.07, 6.45) is 1.56. The molecule has 0 saturated carbocycles. The standard InChI is InChI=1S/C16H10ClF2N3OS/c1-8-14(12-7-9(17)5-6-20-12)24-16(21-8)22-15(23)13-10(18)3-2-4-11(13)19/h2-7H,1H3,(H,21,22,23). The third-order valence-corrected chi connectivity index (χ3v) is 4.49. The van der Waals surface area contributed by atoms with Crippen molar-refractivity contribution in [2.75, 3.05) is 5.32 Å². The van der Waals surface area contributed by atoms with Gasteiger partial charge in [0.05, 0.1) is 16.3 Å². The quantitative estimate of drug-likeness (QED) is 0.732. The summed E-state index contributed by atoms with van der Waals surface area (Å²) in [6.45, 7) is 1.74. The zero-order chi connectivity index (χ0) is 17.3. The molecule has 0 unspecified atom stereocenters. The molecule has 0 aliphatic rings. The Kier molecular flexibility index (Phi) is 4.55. The van der Waals surface area contributed by atoms with Gasteiger partial charge in [-0.2, -0.15) is 0 Å². The van der Waals surface area contributed by atoms with Crippen LogP contribution in [0.2, 0.25) is 5.02 Å². The van der Waals surface area contributed by atoms with Gasteiger partial charge in [-0.15, -0.1) is 0 Å². The van der Waals surface area contributed by atoms with Gasteiger partial charge in [0.15, 0.2) is 5.13 Å². The van der Waals surface area contributed by atoms with Crippen molar-refractivity contribution in [1.29, 1.82) is 0 Å². The van der Waals surface area contributed by atoms with Crippen LogP contribution in [0.1, 0.15) is 16.1 Å². The van der Waals surface area contributed by atoms with Crippen LogP contribution in [0.15, 0.2) is 36.5 Å². The first-order valence-electron chi connectivity index (χ1n) is 6.80. The van der Waals surface area contributed by atoms with Crippen molar-refractivity contribution < 1.29 is 13.6 Å². The molecule has 2 aromatic heterocycles. The number of halogens is 3. The fourth-order valence-electron chi connectivity index (χ4n) is 2.09. The average molecular weight is 366 g/mol. The molecule has 0 radical (unpaired) electrons. The normalized spacial score (nSPS) is 10.7. The molecule has 0 bridgehead atoms. The second-order valence-corrected chi connectivity index (χ2v) is 6.28. The fraction of sp³-hybridized carbons (Fsp3) is 0.0625. The summed E-state index contributed by atoms with van der Waals surface area (Å²) in [5.74, 6) is -2.76. The summed E-state index contributed by atoms with van der Waals surface area (Å²) in [6, 6.07) is 6.55. The Morgan fingerprint density at radius 3 is 2.62 bits per heavy atom. The van der Waals surface area contributed by atoms with Crippen LogP contribution in [-0.4, -0.2) is 15.9 Å². The number of anilines is 1. The van der Waals surface area contributed by atoms with Crippen LogP contribution in [0.4, 0.5) is 13.9 Å². The van der Waals surface area contributed by atoms with Gasteiger partial charge >= 0.3 is 0 Å². The molecule has 24 heavy (non-hydrogen) atoms. The SMILES string of the molecule is Cc1nc(NC(=O)c2c(F)cccc2F)sc1-c1cc(Cl)ccn1. The van der Waals surface area contributed by atoms with E-state index >= 15 is 0 Å². The molecule has 0 aliphatic heterocycles. The van der Waals surface area contributed by atoms with Crippen LogP contribution >= 0.6 is 22.9 Å². The molecule has 0 atom stereocenters. The Bertz CT molecular complexity index is 909. The molecule has 1 aromatic carbocycles. The zero-order valence-electron chi connectivity index (χ0n) is 12.3. The highest BCUT2D eigenvalue weighted by atomic mass is 35.5. The van der Waals surface area contributed by atoms with E-state index in [1.807, 2.05) is 0 Å². The van der Waals surface area contributed by atoms with Crippen molar-refractivity contribution in [3.8, 4) is 10.6 Å². The molecule has 8 heteroatoms. The molecular formula is C16H10ClF2N3OS. The summed E-state index contributed by atoms with van der Waals surface area (Å²) in [5, 5.41) is 3.15. The van der Waals surface area contributed by atoms with Crippen LogP contribution < -0.4 is 5.32 Å². The third kappa shape index (κ3) is 3.27. The van der Waals surface area contributed by atoms with Crippen LogP contribution in [0.25, 0.3) is 10.6 Å². The number of amides is 1. The molecule has 2 heterocycles. The van der Waals surface area contributed by atoms with E-state index in [2.05, 4.69) is 15.3 Å². The Hall–Kier alpha value is -2.38. The van der Waals surface area contributed by atoms with Crippen LogP contribution in [0, 0.1) is 18.6 Å². The predicted octanol–water partition coefficient (Wildman–Crippen LogP) is 4.70. The van der Waals surface area contributed by atoms with Gasteiger partial charge in [0, 0.05) is 11.2 Å². The minimum absolute atomic E-state index is 0.219. The molecule has 4 nitrogen and oxygen atoms in total. The lowest BCUT2D eigenvalue weighted by atomic mass is 10.2. The molecule has 1 N–H and O–H groups in total. The van der Waals surface area contributed by atoms with E-state index in [0.717, 1.165) is 23.5 Å². The van der Waals surface area contributed by atoms with Crippen molar-refractivity contribution in [3.63, 3.8) is 0 Å². The second-order valence-electron chi connectivity index (χ2n) is 4.84. The number of rotatable bonds is 3. The minimum atomic E-state index is -0.933. The number of aromatic nitrogens is 2. The monoisotopic (exact) mass is 365 g/mol. The lowest BCUT2D eigenvalue weighted by molar-refractivity contribution is 0.101. The zero-order valence-corrected chi connectivity index (χ0v) is 13.9. The molecule has 0 fully saturated rings. The van der Waals surface area contributed by atoms with Crippen molar-refractivity contribution >= 4 is 34.0 Å². The van der Waals surface area contributed by atoms with Gasteiger partial charge in [-0.25, -0.2) is 13.8 Å². The molecule has 3 aromatic rings. The Morgan fingerprint density at radius 2 is 1.96 bits per heavy atom. The number of hydrogen-bond donors (Lipinski definition) is 1. The fourth-order valence-corrected chi connectivity index (χ4v) is 3.18. The molecule has 0 saturated heterocycles. The Labute approximate surface area is 145 Å². The van der Waals surface area contributed by atoms with E-state index in [4.69, 9.17) is 11.6 Å². The number of thiazole rings is 1. The van der Waals surface area contributed by atoms with Gasteiger partial charge in [-0.3, -0.25) is 15.1 Å². The highest BCUT2D eigenvalue weighted by Gasteiger charge is 2.19. The number of aryl methyl sites for hydroxylation is 1. The first kappa shape index (κ1) is 16.5. The molecular weight excluding hydrogens is 356 g/mol. The first-order valence-corrected chi connectivity index (χ1v) is 8.00. The second kappa shape index (κ2) is 6.62. The average Bonchev–Trinajstić information content (AvgIpc) is 2.87. The van der Waals surface area contributed by atoms with E-state index in [1.54, 1.807) is 25.3 Å².